The van der Waals surface area contributed by atoms with Crippen LogP contribution < -0.4 is 10.1 Å². The van der Waals surface area contributed by atoms with Gasteiger partial charge in [0.15, 0.2) is 0 Å². The molecule has 0 fully saturated rings. The van der Waals surface area contributed by atoms with Crippen molar-refractivity contribution in [1.29, 1.82) is 0 Å². The number of nitrogens with one attached hydrogen (secondary N) is 1. The lowest BCUT2D eigenvalue weighted by molar-refractivity contribution is -0.274. The molecule has 2 nitrogen and oxygen atoms in total. The molecule has 0 spiro atoms. The first-order valence-corrected chi connectivity index (χ1v) is 8.17. The predicted octanol–water partition coefficient (Wildman–Crippen LogP) is 6.96. The summed E-state index contributed by atoms with van der Waals surface area (Å²) in [7, 11) is 0. The first-order valence-electron chi connectivity index (χ1n) is 7.79. The van der Waals surface area contributed by atoms with E-state index in [2.05, 4.69) is 10.1 Å². The SMILES string of the molecule is Cc1cc(Cl)ccc1-c1ccc(Nc2ccc(OC(F)(F)F)cc2)cc1. The van der Waals surface area contributed by atoms with Gasteiger partial charge < -0.3 is 10.1 Å². The molecule has 0 aliphatic heterocycles. The Hall–Kier alpha value is -2.66. The Morgan fingerprint density at radius 3 is 1.96 bits per heavy atom. The molecular formula is C20H15ClF3NO. The molecule has 0 aromatic heterocycles. The van der Waals surface area contributed by atoms with Crippen molar-refractivity contribution in [2.24, 2.45) is 0 Å². The van der Waals surface area contributed by atoms with E-state index >= 15 is 0 Å². The Morgan fingerprint density at radius 1 is 0.846 bits per heavy atom. The van der Waals surface area contributed by atoms with Crippen molar-refractivity contribution in [3.8, 4) is 16.9 Å². The van der Waals surface area contributed by atoms with Gasteiger partial charge in [-0.25, -0.2) is 0 Å². The Bertz CT molecular complexity index is 890. The Labute approximate surface area is 154 Å². The standard InChI is InChI=1S/C20H15ClF3NO/c1-13-12-15(21)4-11-19(13)14-2-5-16(6-3-14)25-17-7-9-18(10-8-17)26-20(22,23)24/h2-12,25H,1H3. The number of alkyl halides is 3. The van der Waals surface area contributed by atoms with Crippen LogP contribution in [-0.2, 0) is 0 Å². The maximum atomic E-state index is 12.2. The van der Waals surface area contributed by atoms with Crippen LogP contribution in [0.1, 0.15) is 5.56 Å². The summed E-state index contributed by atoms with van der Waals surface area (Å²) in [6.07, 6.45) is -4.69. The Balaban J connectivity index is 1.71. The van der Waals surface area contributed by atoms with Crippen LogP contribution in [0.3, 0.4) is 0 Å². The second kappa shape index (κ2) is 7.30. The highest BCUT2D eigenvalue weighted by atomic mass is 35.5. The van der Waals surface area contributed by atoms with Gasteiger partial charge in [0.25, 0.3) is 0 Å². The molecule has 0 aliphatic carbocycles. The molecule has 3 aromatic carbocycles. The summed E-state index contributed by atoms with van der Waals surface area (Å²) in [5.74, 6) is -0.253. The fourth-order valence-corrected chi connectivity index (χ4v) is 2.82. The first-order chi connectivity index (χ1) is 12.3. The number of hydrogen-bond donors (Lipinski definition) is 1. The van der Waals surface area contributed by atoms with Crippen molar-refractivity contribution in [3.63, 3.8) is 0 Å². The predicted molar refractivity (Wildman–Crippen MR) is 98.0 cm³/mol. The van der Waals surface area contributed by atoms with Crippen molar-refractivity contribution in [1.82, 2.24) is 0 Å². The van der Waals surface area contributed by atoms with Crippen molar-refractivity contribution in [2.75, 3.05) is 5.32 Å². The van der Waals surface area contributed by atoms with E-state index in [1.807, 2.05) is 49.4 Å². The highest BCUT2D eigenvalue weighted by Crippen LogP contribution is 2.29. The quantitative estimate of drug-likeness (QED) is 0.530. The van der Waals surface area contributed by atoms with Crippen LogP contribution in [0.25, 0.3) is 11.1 Å². The van der Waals surface area contributed by atoms with Crippen molar-refractivity contribution >= 4 is 23.0 Å². The van der Waals surface area contributed by atoms with E-state index in [-0.39, 0.29) is 5.75 Å². The van der Waals surface area contributed by atoms with Crippen LogP contribution >= 0.6 is 11.6 Å². The zero-order valence-electron chi connectivity index (χ0n) is 13.8. The average Bonchev–Trinajstić information content (AvgIpc) is 2.56. The number of rotatable bonds is 4. The molecular weight excluding hydrogens is 363 g/mol. The van der Waals surface area contributed by atoms with Gasteiger partial charge in [-0.05, 0) is 72.1 Å². The van der Waals surface area contributed by atoms with E-state index in [4.69, 9.17) is 11.6 Å². The van der Waals surface area contributed by atoms with Crippen LogP contribution in [0, 0.1) is 6.92 Å². The van der Waals surface area contributed by atoms with Crippen LogP contribution in [0.5, 0.6) is 5.75 Å². The van der Waals surface area contributed by atoms with Gasteiger partial charge in [-0.1, -0.05) is 29.8 Å². The van der Waals surface area contributed by atoms with E-state index in [1.54, 1.807) is 0 Å². The number of aryl methyl sites for hydroxylation is 1. The van der Waals surface area contributed by atoms with Crippen LogP contribution in [-0.4, -0.2) is 6.36 Å². The molecule has 6 heteroatoms. The highest BCUT2D eigenvalue weighted by molar-refractivity contribution is 6.30. The van der Waals surface area contributed by atoms with Gasteiger partial charge >= 0.3 is 6.36 Å². The summed E-state index contributed by atoms with van der Waals surface area (Å²) < 4.78 is 40.4. The lowest BCUT2D eigenvalue weighted by Gasteiger charge is -2.11. The molecule has 0 radical (unpaired) electrons. The molecule has 0 saturated carbocycles. The summed E-state index contributed by atoms with van der Waals surface area (Å²) in [5.41, 5.74) is 4.71. The lowest BCUT2D eigenvalue weighted by atomic mass is 10.0. The third kappa shape index (κ3) is 4.70. The monoisotopic (exact) mass is 377 g/mol. The molecule has 0 saturated heterocycles. The number of ether oxygens (including phenoxy) is 1. The maximum absolute atomic E-state index is 12.2. The van der Waals surface area contributed by atoms with Crippen LogP contribution in [0.15, 0.2) is 66.7 Å². The summed E-state index contributed by atoms with van der Waals surface area (Å²) >= 11 is 5.99. The van der Waals surface area contributed by atoms with Gasteiger partial charge in [0.1, 0.15) is 5.75 Å². The highest BCUT2D eigenvalue weighted by Gasteiger charge is 2.30. The molecule has 0 unspecified atom stereocenters. The van der Waals surface area contributed by atoms with Gasteiger partial charge in [-0.3, -0.25) is 0 Å². The van der Waals surface area contributed by atoms with Crippen LogP contribution in [0.2, 0.25) is 5.02 Å². The van der Waals surface area contributed by atoms with Crippen molar-refractivity contribution in [3.05, 3.63) is 77.3 Å². The zero-order chi connectivity index (χ0) is 18.7. The average molecular weight is 378 g/mol. The molecule has 26 heavy (non-hydrogen) atoms. The third-order valence-corrected chi connectivity index (χ3v) is 4.00. The largest absolute Gasteiger partial charge is 0.573 e. The number of benzene rings is 3. The smallest absolute Gasteiger partial charge is 0.406 e. The van der Waals surface area contributed by atoms with Gasteiger partial charge in [0.05, 0.1) is 0 Å². The van der Waals surface area contributed by atoms with Gasteiger partial charge in [0.2, 0.25) is 0 Å². The summed E-state index contributed by atoms with van der Waals surface area (Å²) in [4.78, 5) is 0. The van der Waals surface area contributed by atoms with E-state index in [9.17, 15) is 13.2 Å². The topological polar surface area (TPSA) is 21.3 Å². The van der Waals surface area contributed by atoms with Gasteiger partial charge in [-0.2, -0.15) is 0 Å². The molecule has 0 heterocycles. The molecule has 134 valence electrons. The molecule has 0 aliphatic rings. The minimum atomic E-state index is -4.69. The number of hydrogen-bond acceptors (Lipinski definition) is 2. The molecule has 1 N–H and O–H groups in total. The van der Waals surface area contributed by atoms with Crippen molar-refractivity contribution < 1.29 is 17.9 Å². The maximum Gasteiger partial charge on any atom is 0.573 e. The third-order valence-electron chi connectivity index (χ3n) is 3.76. The van der Waals surface area contributed by atoms with E-state index in [1.165, 1.54) is 24.3 Å². The van der Waals surface area contributed by atoms with E-state index in [0.717, 1.165) is 22.4 Å². The summed E-state index contributed by atoms with van der Waals surface area (Å²) in [5, 5.41) is 3.84. The number of anilines is 2. The first kappa shape index (κ1) is 18.1. The Morgan fingerprint density at radius 2 is 1.42 bits per heavy atom. The molecule has 0 amide bonds. The minimum absolute atomic E-state index is 0.253. The Kier molecular flexibility index (Phi) is 5.09. The summed E-state index contributed by atoms with van der Waals surface area (Å²) in [6, 6.07) is 19.1. The van der Waals surface area contributed by atoms with Gasteiger partial charge in [-0.15, -0.1) is 13.2 Å². The summed E-state index contributed by atoms with van der Waals surface area (Å²) in [6.45, 7) is 2.00. The second-order valence-electron chi connectivity index (χ2n) is 5.73. The number of halogens is 4. The molecule has 3 aromatic rings. The molecule has 0 atom stereocenters. The van der Waals surface area contributed by atoms with E-state index in [0.29, 0.717) is 10.7 Å². The second-order valence-corrected chi connectivity index (χ2v) is 6.17. The van der Waals surface area contributed by atoms with Crippen LogP contribution in [0.4, 0.5) is 24.5 Å². The normalized spacial score (nSPS) is 11.3. The van der Waals surface area contributed by atoms with E-state index < -0.39 is 6.36 Å². The lowest BCUT2D eigenvalue weighted by Crippen LogP contribution is -2.16. The fraction of sp³-hybridized carbons (Fsp3) is 0.100. The molecule has 0 bridgehead atoms. The fourth-order valence-electron chi connectivity index (χ4n) is 2.59. The van der Waals surface area contributed by atoms with Gasteiger partial charge in [0, 0.05) is 16.4 Å². The zero-order valence-corrected chi connectivity index (χ0v) is 14.5. The minimum Gasteiger partial charge on any atom is -0.406 e. The molecule has 3 rings (SSSR count). The van der Waals surface area contributed by atoms with Crippen molar-refractivity contribution in [2.45, 2.75) is 13.3 Å².